The van der Waals surface area contributed by atoms with Crippen molar-refractivity contribution in [3.05, 3.63) is 28.8 Å². The second-order valence-corrected chi connectivity index (χ2v) is 5.49. The van der Waals surface area contributed by atoms with E-state index >= 15 is 0 Å². The minimum absolute atomic E-state index is 0.411. The highest BCUT2D eigenvalue weighted by atomic mass is 35.5. The molecule has 0 saturated heterocycles. The van der Waals surface area contributed by atoms with E-state index in [-0.39, 0.29) is 0 Å². The SMILES string of the molecule is CCc1ccc(OC2CC3CC3C2)c(Cl)c1. The van der Waals surface area contributed by atoms with Crippen molar-refractivity contribution in [1.82, 2.24) is 0 Å². The lowest BCUT2D eigenvalue weighted by Crippen LogP contribution is -2.13. The first-order valence-electron chi connectivity index (χ1n) is 6.21. The molecule has 2 saturated carbocycles. The van der Waals surface area contributed by atoms with Gasteiger partial charge in [-0.05, 0) is 55.2 Å². The normalized spacial score (nSPS) is 31.2. The van der Waals surface area contributed by atoms with Gasteiger partial charge in [-0.2, -0.15) is 0 Å². The van der Waals surface area contributed by atoms with Crippen LogP contribution in [0.25, 0.3) is 0 Å². The molecule has 0 N–H and O–H groups in total. The largest absolute Gasteiger partial charge is 0.489 e. The molecule has 1 aromatic rings. The van der Waals surface area contributed by atoms with E-state index in [4.69, 9.17) is 16.3 Å². The van der Waals surface area contributed by atoms with E-state index in [1.807, 2.05) is 12.1 Å². The van der Waals surface area contributed by atoms with E-state index in [0.29, 0.717) is 6.10 Å². The van der Waals surface area contributed by atoms with Crippen molar-refractivity contribution >= 4 is 11.6 Å². The Hall–Kier alpha value is -0.690. The Bertz CT molecular complexity index is 392. The quantitative estimate of drug-likeness (QED) is 0.769. The molecular weight excluding hydrogens is 220 g/mol. The van der Waals surface area contributed by atoms with Crippen molar-refractivity contribution in [2.75, 3.05) is 0 Å². The van der Waals surface area contributed by atoms with Gasteiger partial charge < -0.3 is 4.74 Å². The molecule has 2 unspecified atom stereocenters. The van der Waals surface area contributed by atoms with Gasteiger partial charge in [-0.3, -0.25) is 0 Å². The third-order valence-electron chi connectivity index (χ3n) is 3.90. The molecule has 2 heteroatoms. The molecule has 1 aromatic carbocycles. The minimum Gasteiger partial charge on any atom is -0.489 e. The molecule has 86 valence electrons. The standard InChI is InChI=1S/C14H17ClO/c1-2-9-3-4-14(13(15)5-9)16-12-7-10-6-11(10)8-12/h3-5,10-12H,2,6-8H2,1H3. The van der Waals surface area contributed by atoms with E-state index in [1.54, 1.807) is 0 Å². The molecule has 3 rings (SSSR count). The lowest BCUT2D eigenvalue weighted by Gasteiger charge is -2.16. The second-order valence-electron chi connectivity index (χ2n) is 5.09. The zero-order valence-corrected chi connectivity index (χ0v) is 10.3. The van der Waals surface area contributed by atoms with Crippen LogP contribution < -0.4 is 4.74 Å². The van der Waals surface area contributed by atoms with Crippen LogP contribution in [-0.4, -0.2) is 6.10 Å². The zero-order chi connectivity index (χ0) is 11.1. The molecule has 0 amide bonds. The van der Waals surface area contributed by atoms with Gasteiger partial charge in [0.2, 0.25) is 0 Å². The van der Waals surface area contributed by atoms with Gasteiger partial charge in [0, 0.05) is 0 Å². The van der Waals surface area contributed by atoms with Crippen LogP contribution in [0.3, 0.4) is 0 Å². The van der Waals surface area contributed by atoms with Crippen LogP contribution in [0.1, 0.15) is 31.7 Å². The lowest BCUT2D eigenvalue weighted by molar-refractivity contribution is 0.194. The summed E-state index contributed by atoms with van der Waals surface area (Å²) in [7, 11) is 0. The Labute approximate surface area is 102 Å². The fourth-order valence-electron chi connectivity index (χ4n) is 2.79. The molecular formula is C14H17ClO. The number of hydrogen-bond donors (Lipinski definition) is 0. The van der Waals surface area contributed by atoms with Gasteiger partial charge in [0.25, 0.3) is 0 Å². The van der Waals surface area contributed by atoms with Crippen LogP contribution >= 0.6 is 11.6 Å². The molecule has 0 aliphatic heterocycles. The van der Waals surface area contributed by atoms with E-state index in [0.717, 1.165) is 29.0 Å². The Kier molecular flexibility index (Phi) is 2.59. The van der Waals surface area contributed by atoms with Crippen molar-refractivity contribution < 1.29 is 4.74 Å². The smallest absolute Gasteiger partial charge is 0.138 e. The number of ether oxygens (including phenoxy) is 1. The average molecular weight is 237 g/mol. The van der Waals surface area contributed by atoms with Gasteiger partial charge in [0.15, 0.2) is 0 Å². The van der Waals surface area contributed by atoms with Gasteiger partial charge >= 0.3 is 0 Å². The number of fused-ring (bicyclic) bond motifs is 1. The Morgan fingerprint density at radius 1 is 1.25 bits per heavy atom. The van der Waals surface area contributed by atoms with Crippen LogP contribution in [0.15, 0.2) is 18.2 Å². The van der Waals surface area contributed by atoms with Crippen molar-refractivity contribution in [3.63, 3.8) is 0 Å². The average Bonchev–Trinajstić information content (AvgIpc) is 2.89. The number of halogens is 1. The van der Waals surface area contributed by atoms with Crippen molar-refractivity contribution in [1.29, 1.82) is 0 Å². The predicted octanol–water partition coefficient (Wildman–Crippen LogP) is 4.08. The molecule has 2 atom stereocenters. The Balaban J connectivity index is 1.69. The molecule has 2 fully saturated rings. The topological polar surface area (TPSA) is 9.23 Å². The summed E-state index contributed by atoms with van der Waals surface area (Å²) in [6.45, 7) is 2.14. The molecule has 0 spiro atoms. The maximum absolute atomic E-state index is 6.21. The summed E-state index contributed by atoms with van der Waals surface area (Å²) in [6.07, 6.45) is 5.33. The summed E-state index contributed by atoms with van der Waals surface area (Å²) in [5.74, 6) is 2.78. The first-order valence-corrected chi connectivity index (χ1v) is 6.59. The predicted molar refractivity (Wildman–Crippen MR) is 66.1 cm³/mol. The fourth-order valence-corrected chi connectivity index (χ4v) is 3.04. The van der Waals surface area contributed by atoms with Crippen LogP contribution in [0.5, 0.6) is 5.75 Å². The lowest BCUT2D eigenvalue weighted by atomic mass is 10.1. The van der Waals surface area contributed by atoms with Crippen molar-refractivity contribution in [2.24, 2.45) is 11.8 Å². The summed E-state index contributed by atoms with van der Waals surface area (Å²) < 4.78 is 5.97. The highest BCUT2D eigenvalue weighted by Crippen LogP contribution is 2.52. The summed E-state index contributed by atoms with van der Waals surface area (Å²) in [6, 6.07) is 6.15. The van der Waals surface area contributed by atoms with E-state index < -0.39 is 0 Å². The van der Waals surface area contributed by atoms with Crippen LogP contribution in [-0.2, 0) is 6.42 Å². The molecule has 0 heterocycles. The van der Waals surface area contributed by atoms with Crippen molar-refractivity contribution in [2.45, 2.75) is 38.7 Å². The number of rotatable bonds is 3. The fraction of sp³-hybridized carbons (Fsp3) is 0.571. The minimum atomic E-state index is 0.411. The first kappa shape index (κ1) is 10.5. The van der Waals surface area contributed by atoms with E-state index in [9.17, 15) is 0 Å². The van der Waals surface area contributed by atoms with E-state index in [1.165, 1.54) is 24.8 Å². The maximum atomic E-state index is 6.21. The van der Waals surface area contributed by atoms with Gasteiger partial charge in [0.1, 0.15) is 5.75 Å². The summed E-state index contributed by atoms with van der Waals surface area (Å²) in [5.41, 5.74) is 1.27. The molecule has 0 bridgehead atoms. The monoisotopic (exact) mass is 236 g/mol. The third kappa shape index (κ3) is 1.93. The molecule has 1 nitrogen and oxygen atoms in total. The molecule has 16 heavy (non-hydrogen) atoms. The number of hydrogen-bond acceptors (Lipinski definition) is 1. The van der Waals surface area contributed by atoms with Gasteiger partial charge in [-0.25, -0.2) is 0 Å². The number of benzene rings is 1. The van der Waals surface area contributed by atoms with Gasteiger partial charge in [-0.15, -0.1) is 0 Å². The summed E-state index contributed by atoms with van der Waals surface area (Å²) in [4.78, 5) is 0. The van der Waals surface area contributed by atoms with Crippen LogP contribution in [0.2, 0.25) is 5.02 Å². The first-order chi connectivity index (χ1) is 7.76. The highest BCUT2D eigenvalue weighted by molar-refractivity contribution is 6.32. The molecule has 0 aromatic heterocycles. The van der Waals surface area contributed by atoms with Crippen molar-refractivity contribution in [3.8, 4) is 5.75 Å². The Morgan fingerprint density at radius 3 is 2.62 bits per heavy atom. The van der Waals surface area contributed by atoms with Crippen LogP contribution in [0, 0.1) is 11.8 Å². The third-order valence-corrected chi connectivity index (χ3v) is 4.19. The highest BCUT2D eigenvalue weighted by Gasteiger charge is 2.46. The summed E-state index contributed by atoms with van der Waals surface area (Å²) >= 11 is 6.21. The summed E-state index contributed by atoms with van der Waals surface area (Å²) in [5, 5.41) is 0.764. The second kappa shape index (κ2) is 3.96. The van der Waals surface area contributed by atoms with Gasteiger partial charge in [0.05, 0.1) is 11.1 Å². The zero-order valence-electron chi connectivity index (χ0n) is 9.58. The molecule has 2 aliphatic rings. The van der Waals surface area contributed by atoms with Crippen LogP contribution in [0.4, 0.5) is 0 Å². The Morgan fingerprint density at radius 2 is 2.00 bits per heavy atom. The molecule has 0 radical (unpaired) electrons. The maximum Gasteiger partial charge on any atom is 0.138 e. The van der Waals surface area contributed by atoms with E-state index in [2.05, 4.69) is 13.0 Å². The molecule has 2 aliphatic carbocycles. The van der Waals surface area contributed by atoms with Gasteiger partial charge in [-0.1, -0.05) is 24.6 Å². The number of aryl methyl sites for hydroxylation is 1.